The SMILES string of the molecule is CC(c1cccc(Cl)c1)N(C)Cc1cccc(C(=N)N)c1. The van der Waals surface area contributed by atoms with E-state index in [0.717, 1.165) is 22.7 Å². The Balaban J connectivity index is 2.12. The normalized spacial score (nSPS) is 12.4. The largest absolute Gasteiger partial charge is 0.384 e. The summed E-state index contributed by atoms with van der Waals surface area (Å²) in [6.45, 7) is 2.94. The Morgan fingerprint density at radius 2 is 1.95 bits per heavy atom. The van der Waals surface area contributed by atoms with Crippen molar-refractivity contribution in [1.82, 2.24) is 4.90 Å². The van der Waals surface area contributed by atoms with Gasteiger partial charge >= 0.3 is 0 Å². The molecule has 0 aliphatic carbocycles. The molecule has 0 saturated heterocycles. The van der Waals surface area contributed by atoms with Crippen LogP contribution in [0.4, 0.5) is 0 Å². The van der Waals surface area contributed by atoms with Gasteiger partial charge in [-0.05, 0) is 43.3 Å². The highest BCUT2D eigenvalue weighted by atomic mass is 35.5. The maximum absolute atomic E-state index is 7.51. The number of benzene rings is 2. The lowest BCUT2D eigenvalue weighted by molar-refractivity contribution is 0.253. The van der Waals surface area contributed by atoms with Gasteiger partial charge in [-0.1, -0.05) is 41.9 Å². The molecule has 0 aromatic heterocycles. The molecule has 0 saturated carbocycles. The highest BCUT2D eigenvalue weighted by Gasteiger charge is 2.12. The van der Waals surface area contributed by atoms with E-state index in [1.165, 1.54) is 5.56 Å². The van der Waals surface area contributed by atoms with Crippen LogP contribution < -0.4 is 5.73 Å². The number of hydrogen-bond acceptors (Lipinski definition) is 2. The molecule has 0 heterocycles. The summed E-state index contributed by atoms with van der Waals surface area (Å²) in [6, 6.07) is 16.0. The zero-order chi connectivity index (χ0) is 15.4. The van der Waals surface area contributed by atoms with Crippen molar-refractivity contribution in [3.8, 4) is 0 Å². The molecule has 0 bridgehead atoms. The molecule has 0 amide bonds. The van der Waals surface area contributed by atoms with Crippen LogP contribution in [-0.4, -0.2) is 17.8 Å². The molecule has 0 aliphatic heterocycles. The number of nitrogens with zero attached hydrogens (tertiary/aromatic N) is 1. The zero-order valence-corrected chi connectivity index (χ0v) is 13.1. The highest BCUT2D eigenvalue weighted by Crippen LogP contribution is 2.23. The molecule has 0 fully saturated rings. The summed E-state index contributed by atoms with van der Waals surface area (Å²) in [5.74, 6) is 0.0994. The van der Waals surface area contributed by atoms with Crippen molar-refractivity contribution < 1.29 is 0 Å². The van der Waals surface area contributed by atoms with Crippen LogP contribution in [0.2, 0.25) is 5.02 Å². The molecule has 3 nitrogen and oxygen atoms in total. The number of nitrogens with two attached hydrogens (primary N) is 1. The van der Waals surface area contributed by atoms with Gasteiger partial charge in [-0.3, -0.25) is 10.3 Å². The molecule has 1 atom stereocenters. The number of nitrogen functional groups attached to an aromatic ring is 1. The second-order valence-corrected chi connectivity index (χ2v) is 5.70. The number of amidine groups is 1. The summed E-state index contributed by atoms with van der Waals surface area (Å²) >= 11 is 6.05. The Labute approximate surface area is 130 Å². The van der Waals surface area contributed by atoms with E-state index >= 15 is 0 Å². The van der Waals surface area contributed by atoms with Crippen LogP contribution in [0.5, 0.6) is 0 Å². The smallest absolute Gasteiger partial charge is 0.122 e. The molecule has 0 aliphatic rings. The van der Waals surface area contributed by atoms with Crippen LogP contribution in [0.1, 0.15) is 29.7 Å². The standard InChI is InChI=1S/C17H20ClN3/c1-12(14-6-4-8-16(18)10-14)21(2)11-13-5-3-7-15(9-13)17(19)20/h3-10,12H,11H2,1-2H3,(H3,19,20). The van der Waals surface area contributed by atoms with E-state index in [0.29, 0.717) is 0 Å². The second-order valence-electron chi connectivity index (χ2n) is 5.26. The first-order chi connectivity index (χ1) is 9.97. The zero-order valence-electron chi connectivity index (χ0n) is 12.3. The number of halogens is 1. The lowest BCUT2D eigenvalue weighted by Crippen LogP contribution is -2.22. The predicted octanol–water partition coefficient (Wildman–Crippen LogP) is 3.82. The van der Waals surface area contributed by atoms with Crippen LogP contribution in [0.3, 0.4) is 0 Å². The minimum atomic E-state index is 0.0994. The third-order valence-electron chi connectivity index (χ3n) is 3.66. The lowest BCUT2D eigenvalue weighted by Gasteiger charge is -2.25. The van der Waals surface area contributed by atoms with Crippen LogP contribution >= 0.6 is 11.6 Å². The predicted molar refractivity (Wildman–Crippen MR) is 88.8 cm³/mol. The molecule has 2 rings (SSSR count). The molecule has 21 heavy (non-hydrogen) atoms. The molecule has 4 heteroatoms. The van der Waals surface area contributed by atoms with Crippen LogP contribution in [0, 0.1) is 5.41 Å². The minimum Gasteiger partial charge on any atom is -0.384 e. The van der Waals surface area contributed by atoms with Crippen molar-refractivity contribution in [2.75, 3.05) is 7.05 Å². The van der Waals surface area contributed by atoms with Crippen LogP contribution in [0.25, 0.3) is 0 Å². The molecule has 2 aromatic rings. The first-order valence-electron chi connectivity index (χ1n) is 6.86. The fourth-order valence-electron chi connectivity index (χ4n) is 2.28. The van der Waals surface area contributed by atoms with Crippen molar-refractivity contribution in [1.29, 1.82) is 5.41 Å². The molecular formula is C17H20ClN3. The average Bonchev–Trinajstić information content (AvgIpc) is 2.46. The fraction of sp³-hybridized carbons (Fsp3) is 0.235. The van der Waals surface area contributed by atoms with E-state index in [2.05, 4.69) is 24.9 Å². The lowest BCUT2D eigenvalue weighted by atomic mass is 10.1. The van der Waals surface area contributed by atoms with E-state index in [1.54, 1.807) is 0 Å². The Hall–Kier alpha value is -1.84. The summed E-state index contributed by atoms with van der Waals surface area (Å²) in [5.41, 5.74) is 8.62. The van der Waals surface area contributed by atoms with Crippen molar-refractivity contribution >= 4 is 17.4 Å². The Bertz CT molecular complexity index is 639. The number of hydrogen-bond donors (Lipinski definition) is 2. The van der Waals surface area contributed by atoms with Crippen LogP contribution in [0.15, 0.2) is 48.5 Å². The van der Waals surface area contributed by atoms with Gasteiger partial charge in [-0.25, -0.2) is 0 Å². The maximum atomic E-state index is 7.51. The van der Waals surface area contributed by atoms with Gasteiger partial charge in [-0.2, -0.15) is 0 Å². The number of nitrogens with one attached hydrogen (secondary N) is 1. The van der Waals surface area contributed by atoms with Crippen molar-refractivity contribution in [2.45, 2.75) is 19.5 Å². The summed E-state index contributed by atoms with van der Waals surface area (Å²) < 4.78 is 0. The first-order valence-corrected chi connectivity index (χ1v) is 7.24. The third-order valence-corrected chi connectivity index (χ3v) is 3.90. The summed E-state index contributed by atoms with van der Waals surface area (Å²) in [5, 5.41) is 8.26. The van der Waals surface area contributed by atoms with Gasteiger partial charge in [-0.15, -0.1) is 0 Å². The molecule has 2 aromatic carbocycles. The van der Waals surface area contributed by atoms with E-state index < -0.39 is 0 Å². The summed E-state index contributed by atoms with van der Waals surface area (Å²) in [4.78, 5) is 2.24. The minimum absolute atomic E-state index is 0.0994. The molecule has 1 unspecified atom stereocenters. The van der Waals surface area contributed by atoms with E-state index in [4.69, 9.17) is 22.7 Å². The highest BCUT2D eigenvalue weighted by molar-refractivity contribution is 6.30. The van der Waals surface area contributed by atoms with E-state index in [9.17, 15) is 0 Å². The molecule has 110 valence electrons. The van der Waals surface area contributed by atoms with Crippen molar-refractivity contribution in [3.63, 3.8) is 0 Å². The molecular weight excluding hydrogens is 282 g/mol. The molecule has 0 spiro atoms. The van der Waals surface area contributed by atoms with E-state index in [-0.39, 0.29) is 11.9 Å². The van der Waals surface area contributed by atoms with Gasteiger partial charge in [0.05, 0.1) is 0 Å². The average molecular weight is 302 g/mol. The topological polar surface area (TPSA) is 53.1 Å². The van der Waals surface area contributed by atoms with Gasteiger partial charge in [0.25, 0.3) is 0 Å². The Morgan fingerprint density at radius 3 is 2.62 bits per heavy atom. The third kappa shape index (κ3) is 4.06. The van der Waals surface area contributed by atoms with Gasteiger partial charge in [0, 0.05) is 23.2 Å². The summed E-state index contributed by atoms with van der Waals surface area (Å²) in [6.07, 6.45) is 0. The van der Waals surface area contributed by atoms with Crippen LogP contribution in [-0.2, 0) is 6.54 Å². The van der Waals surface area contributed by atoms with Gasteiger partial charge in [0.2, 0.25) is 0 Å². The van der Waals surface area contributed by atoms with E-state index in [1.807, 2.05) is 42.5 Å². The van der Waals surface area contributed by atoms with Crippen molar-refractivity contribution in [2.24, 2.45) is 5.73 Å². The van der Waals surface area contributed by atoms with Crippen molar-refractivity contribution in [3.05, 3.63) is 70.2 Å². The monoisotopic (exact) mass is 301 g/mol. The summed E-state index contributed by atoms with van der Waals surface area (Å²) in [7, 11) is 2.08. The van der Waals surface area contributed by atoms with Gasteiger partial charge < -0.3 is 5.73 Å². The van der Waals surface area contributed by atoms with Gasteiger partial charge in [0.1, 0.15) is 5.84 Å². The Morgan fingerprint density at radius 1 is 1.24 bits per heavy atom. The quantitative estimate of drug-likeness (QED) is 0.651. The molecule has 3 N–H and O–H groups in total. The maximum Gasteiger partial charge on any atom is 0.122 e. The Kier molecular flexibility index (Phi) is 4.99. The van der Waals surface area contributed by atoms with Gasteiger partial charge in [0.15, 0.2) is 0 Å². The first kappa shape index (κ1) is 15.5. The number of rotatable bonds is 5. The second kappa shape index (κ2) is 6.74. The fourth-order valence-corrected chi connectivity index (χ4v) is 2.48. The molecule has 0 radical (unpaired) electrons.